The van der Waals surface area contributed by atoms with Gasteiger partial charge in [-0.25, -0.2) is 0 Å². The van der Waals surface area contributed by atoms with Gasteiger partial charge in [-0.1, -0.05) is 59.1 Å². The van der Waals surface area contributed by atoms with E-state index in [0.29, 0.717) is 5.76 Å². The van der Waals surface area contributed by atoms with E-state index in [2.05, 4.69) is 30.2 Å². The fraction of sp³-hybridized carbons (Fsp3) is 0.708. The first kappa shape index (κ1) is 31.2. The molecule has 0 aromatic heterocycles. The molecule has 0 spiro atoms. The van der Waals surface area contributed by atoms with Gasteiger partial charge in [-0.2, -0.15) is 0 Å². The van der Waals surface area contributed by atoms with Gasteiger partial charge in [0.25, 0.3) is 0 Å². The summed E-state index contributed by atoms with van der Waals surface area (Å²) in [5.41, 5.74) is 0. The number of unbranched alkanes of at least 4 members (excludes halogenated alkanes) is 2. The van der Waals surface area contributed by atoms with Crippen LogP contribution in [-0.2, 0) is 4.79 Å². The summed E-state index contributed by atoms with van der Waals surface area (Å²) in [6.07, 6.45) is 17.1. The van der Waals surface area contributed by atoms with Gasteiger partial charge in [0.2, 0.25) is 5.91 Å². The van der Waals surface area contributed by atoms with E-state index in [9.17, 15) is 9.90 Å². The van der Waals surface area contributed by atoms with E-state index in [1.165, 1.54) is 39.0 Å². The Morgan fingerprint density at radius 1 is 1.11 bits per heavy atom. The van der Waals surface area contributed by atoms with Gasteiger partial charge in [0.05, 0.1) is 0 Å². The number of allylic oxidation sites excluding steroid dienone is 3. The van der Waals surface area contributed by atoms with Crippen molar-refractivity contribution in [3.63, 3.8) is 0 Å². The maximum Gasteiger partial charge on any atom is 0.216 e. The summed E-state index contributed by atoms with van der Waals surface area (Å²) >= 11 is 0. The Kier molecular flexibility index (Phi) is 30.8. The highest BCUT2D eigenvalue weighted by Crippen LogP contribution is 2.17. The molecular formula is C24H48N2O2. The summed E-state index contributed by atoms with van der Waals surface area (Å²) < 4.78 is 0. The SMILES string of the molecule is C=CCCNCCC(CC)CCCC/C=C\C(O)=C/CC.CC.CNC(C)=O. The summed E-state index contributed by atoms with van der Waals surface area (Å²) in [5, 5.41) is 15.3. The van der Waals surface area contributed by atoms with Crippen LogP contribution in [0.4, 0.5) is 0 Å². The molecule has 0 rings (SSSR count). The number of carbonyl (C=O) groups excluding carboxylic acids is 1. The number of carbonyl (C=O) groups is 1. The van der Waals surface area contributed by atoms with Crippen LogP contribution in [0.5, 0.6) is 0 Å². The quantitative estimate of drug-likeness (QED) is 0.139. The van der Waals surface area contributed by atoms with Gasteiger partial charge < -0.3 is 15.7 Å². The fourth-order valence-electron chi connectivity index (χ4n) is 2.36. The minimum absolute atomic E-state index is 0.00463. The van der Waals surface area contributed by atoms with Crippen LogP contribution in [0.3, 0.4) is 0 Å². The van der Waals surface area contributed by atoms with Crippen molar-refractivity contribution in [1.29, 1.82) is 0 Å². The van der Waals surface area contributed by atoms with Gasteiger partial charge in [0, 0.05) is 14.0 Å². The second-order valence-electron chi connectivity index (χ2n) is 6.42. The summed E-state index contributed by atoms with van der Waals surface area (Å²) in [6, 6.07) is 0. The molecule has 1 amide bonds. The first-order valence-corrected chi connectivity index (χ1v) is 11.1. The first-order valence-electron chi connectivity index (χ1n) is 11.1. The van der Waals surface area contributed by atoms with Crippen LogP contribution in [0.2, 0.25) is 0 Å². The first-order chi connectivity index (χ1) is 13.5. The molecule has 0 aromatic rings. The van der Waals surface area contributed by atoms with Crippen LogP contribution in [0.1, 0.15) is 86.0 Å². The molecule has 0 saturated heterocycles. The van der Waals surface area contributed by atoms with Crippen molar-refractivity contribution in [3.05, 3.63) is 36.6 Å². The second kappa shape index (κ2) is 27.7. The molecule has 0 aliphatic rings. The topological polar surface area (TPSA) is 61.4 Å². The number of aliphatic hydroxyl groups excluding tert-OH is 1. The van der Waals surface area contributed by atoms with Crippen LogP contribution < -0.4 is 10.6 Å². The molecule has 0 radical (unpaired) electrons. The second-order valence-corrected chi connectivity index (χ2v) is 6.42. The van der Waals surface area contributed by atoms with Gasteiger partial charge in [-0.05, 0) is 63.3 Å². The molecular weight excluding hydrogens is 348 g/mol. The Hall–Kier alpha value is -1.55. The Morgan fingerprint density at radius 2 is 1.75 bits per heavy atom. The van der Waals surface area contributed by atoms with Crippen molar-refractivity contribution in [3.8, 4) is 0 Å². The molecule has 0 heterocycles. The third-order valence-corrected chi connectivity index (χ3v) is 4.12. The molecule has 166 valence electrons. The zero-order chi connectivity index (χ0) is 22.0. The average Bonchev–Trinajstić information content (AvgIpc) is 2.70. The lowest BCUT2D eigenvalue weighted by Gasteiger charge is -2.14. The third kappa shape index (κ3) is 29.2. The molecule has 0 fully saturated rings. The van der Waals surface area contributed by atoms with Gasteiger partial charge in [-0.15, -0.1) is 6.58 Å². The highest BCUT2D eigenvalue weighted by atomic mass is 16.3. The molecule has 4 heteroatoms. The van der Waals surface area contributed by atoms with Gasteiger partial charge >= 0.3 is 0 Å². The lowest BCUT2D eigenvalue weighted by atomic mass is 9.95. The summed E-state index contributed by atoms with van der Waals surface area (Å²) in [5.74, 6) is 1.25. The predicted molar refractivity (Wildman–Crippen MR) is 126 cm³/mol. The van der Waals surface area contributed by atoms with Crippen LogP contribution in [0.25, 0.3) is 0 Å². The molecule has 1 unspecified atom stereocenters. The smallest absolute Gasteiger partial charge is 0.216 e. The van der Waals surface area contributed by atoms with E-state index in [-0.39, 0.29) is 5.91 Å². The standard InChI is InChI=1S/C19H35NO.C3H7NO.C2H6/c1-4-7-16-20-17-15-18(6-3)13-10-8-9-11-14-19(21)12-5-2;1-3(5)4-2;1-2/h4,11-12,14,18,20-21H,1,5-10,13,15-17H2,2-3H3;1-2H3,(H,4,5);1-2H3/b14-11-,19-12+;;. The van der Waals surface area contributed by atoms with Crippen LogP contribution >= 0.6 is 0 Å². The fourth-order valence-corrected chi connectivity index (χ4v) is 2.36. The Labute approximate surface area is 175 Å². The van der Waals surface area contributed by atoms with E-state index in [1.807, 2.05) is 39.0 Å². The largest absolute Gasteiger partial charge is 0.508 e. The summed E-state index contributed by atoms with van der Waals surface area (Å²) in [7, 11) is 1.60. The minimum Gasteiger partial charge on any atom is -0.508 e. The molecule has 0 aromatic carbocycles. The molecule has 1 atom stereocenters. The number of nitrogens with one attached hydrogen (secondary N) is 2. The predicted octanol–water partition coefficient (Wildman–Crippen LogP) is 6.32. The highest BCUT2D eigenvalue weighted by Gasteiger charge is 2.05. The van der Waals surface area contributed by atoms with Crippen LogP contribution in [0, 0.1) is 5.92 Å². The molecule has 0 saturated carbocycles. The van der Waals surface area contributed by atoms with Gasteiger partial charge in [0.1, 0.15) is 5.76 Å². The molecule has 4 nitrogen and oxygen atoms in total. The van der Waals surface area contributed by atoms with Crippen molar-refractivity contribution in [2.45, 2.75) is 86.0 Å². The van der Waals surface area contributed by atoms with Crippen molar-refractivity contribution in [2.75, 3.05) is 20.1 Å². The van der Waals surface area contributed by atoms with Gasteiger partial charge in [-0.3, -0.25) is 4.79 Å². The molecule has 28 heavy (non-hydrogen) atoms. The number of hydrogen-bond donors (Lipinski definition) is 3. The van der Waals surface area contributed by atoms with Crippen molar-refractivity contribution in [2.24, 2.45) is 5.92 Å². The number of rotatable bonds is 14. The summed E-state index contributed by atoms with van der Waals surface area (Å²) in [6.45, 7) is 15.7. The van der Waals surface area contributed by atoms with Crippen molar-refractivity contribution >= 4 is 5.91 Å². The van der Waals surface area contributed by atoms with E-state index in [0.717, 1.165) is 38.3 Å². The van der Waals surface area contributed by atoms with E-state index >= 15 is 0 Å². The third-order valence-electron chi connectivity index (χ3n) is 4.12. The monoisotopic (exact) mass is 396 g/mol. The van der Waals surface area contributed by atoms with E-state index < -0.39 is 0 Å². The Balaban J connectivity index is -0.000000767. The van der Waals surface area contributed by atoms with E-state index in [4.69, 9.17) is 0 Å². The van der Waals surface area contributed by atoms with Crippen molar-refractivity contribution < 1.29 is 9.90 Å². The average molecular weight is 397 g/mol. The van der Waals surface area contributed by atoms with Gasteiger partial charge in [0.15, 0.2) is 0 Å². The molecule has 0 bridgehead atoms. The lowest BCUT2D eigenvalue weighted by molar-refractivity contribution is -0.118. The number of aliphatic hydroxyl groups is 1. The van der Waals surface area contributed by atoms with Crippen LogP contribution in [0.15, 0.2) is 36.6 Å². The molecule has 3 N–H and O–H groups in total. The maximum absolute atomic E-state index is 9.70. The Morgan fingerprint density at radius 3 is 2.25 bits per heavy atom. The summed E-state index contributed by atoms with van der Waals surface area (Å²) in [4.78, 5) is 9.70. The zero-order valence-corrected chi connectivity index (χ0v) is 19.5. The highest BCUT2D eigenvalue weighted by molar-refractivity contribution is 5.72. The maximum atomic E-state index is 9.70. The number of amides is 1. The van der Waals surface area contributed by atoms with Crippen LogP contribution in [-0.4, -0.2) is 31.2 Å². The zero-order valence-electron chi connectivity index (χ0n) is 19.5. The number of hydrogen-bond acceptors (Lipinski definition) is 3. The van der Waals surface area contributed by atoms with E-state index in [1.54, 1.807) is 7.05 Å². The molecule has 0 aliphatic carbocycles. The van der Waals surface area contributed by atoms with Crippen molar-refractivity contribution in [1.82, 2.24) is 10.6 Å². The normalized spacial score (nSPS) is 11.7. The molecule has 0 aliphatic heterocycles. The minimum atomic E-state index is 0.00463. The Bertz CT molecular complexity index is 390. The lowest BCUT2D eigenvalue weighted by Crippen LogP contribution is -2.18.